The first-order valence-electron chi connectivity index (χ1n) is 6.11. The molecule has 0 aromatic carbocycles. The maximum Gasteiger partial charge on any atom is 0.0699 e. The molecule has 1 aliphatic rings. The molecular formula is C11H20N4O. The number of hydrogen-bond donors (Lipinski definition) is 1. The molecule has 90 valence electrons. The third-order valence-corrected chi connectivity index (χ3v) is 2.86. The fraction of sp³-hybridized carbons (Fsp3) is 0.818. The Morgan fingerprint density at radius 1 is 1.44 bits per heavy atom. The van der Waals surface area contributed by atoms with Crippen molar-refractivity contribution < 1.29 is 4.74 Å². The van der Waals surface area contributed by atoms with Crippen molar-refractivity contribution >= 4 is 0 Å². The Morgan fingerprint density at radius 2 is 2.44 bits per heavy atom. The molecule has 1 aliphatic heterocycles. The predicted molar refractivity (Wildman–Crippen MR) is 61.1 cm³/mol. The van der Waals surface area contributed by atoms with Crippen LogP contribution in [0.25, 0.3) is 0 Å². The number of aryl methyl sites for hydroxylation is 1. The van der Waals surface area contributed by atoms with E-state index in [0.717, 1.165) is 32.7 Å². The van der Waals surface area contributed by atoms with Gasteiger partial charge in [0, 0.05) is 25.9 Å². The first kappa shape index (κ1) is 11.5. The molecule has 1 aromatic heterocycles. The van der Waals surface area contributed by atoms with E-state index in [1.165, 1.54) is 19.3 Å². The fourth-order valence-corrected chi connectivity index (χ4v) is 1.95. The molecule has 1 atom stereocenters. The number of aromatic nitrogens is 3. The van der Waals surface area contributed by atoms with E-state index in [2.05, 4.69) is 15.6 Å². The van der Waals surface area contributed by atoms with Crippen molar-refractivity contribution in [1.82, 2.24) is 20.3 Å². The highest BCUT2D eigenvalue weighted by atomic mass is 16.5. The minimum atomic E-state index is 0.431. The zero-order valence-electron chi connectivity index (χ0n) is 9.64. The zero-order valence-corrected chi connectivity index (χ0v) is 9.64. The van der Waals surface area contributed by atoms with Crippen LogP contribution in [0.1, 0.15) is 25.7 Å². The van der Waals surface area contributed by atoms with Crippen molar-refractivity contribution in [1.29, 1.82) is 0 Å². The molecule has 0 amide bonds. The van der Waals surface area contributed by atoms with E-state index in [-0.39, 0.29) is 0 Å². The van der Waals surface area contributed by atoms with Crippen LogP contribution in [0.3, 0.4) is 0 Å². The molecule has 0 aliphatic carbocycles. The molecule has 1 N–H and O–H groups in total. The minimum absolute atomic E-state index is 0.431. The van der Waals surface area contributed by atoms with E-state index in [1.54, 1.807) is 6.20 Å². The Kier molecular flexibility index (Phi) is 4.76. The van der Waals surface area contributed by atoms with Crippen LogP contribution in [0.4, 0.5) is 0 Å². The summed E-state index contributed by atoms with van der Waals surface area (Å²) in [5.74, 6) is 0. The fourth-order valence-electron chi connectivity index (χ4n) is 1.95. The average molecular weight is 224 g/mol. The number of hydrogen-bond acceptors (Lipinski definition) is 4. The number of rotatable bonds is 6. The number of nitrogens with zero attached hydrogens (tertiary/aromatic N) is 3. The lowest BCUT2D eigenvalue weighted by atomic mass is 10.1. The van der Waals surface area contributed by atoms with Gasteiger partial charge < -0.3 is 10.1 Å². The van der Waals surface area contributed by atoms with Crippen LogP contribution in [0.5, 0.6) is 0 Å². The molecule has 0 saturated carbocycles. The standard InChI is InChI=1S/C11H20N4O/c1-2-9-16-11(4-1)10-12-5-3-7-15-8-6-13-14-15/h6,8,11-12H,1-5,7,9-10H2. The quantitative estimate of drug-likeness (QED) is 0.727. The minimum Gasteiger partial charge on any atom is -0.377 e. The largest absolute Gasteiger partial charge is 0.377 e. The number of ether oxygens (including phenoxy) is 1. The first-order chi connectivity index (χ1) is 7.95. The summed E-state index contributed by atoms with van der Waals surface area (Å²) in [6, 6.07) is 0. The highest BCUT2D eigenvalue weighted by Gasteiger charge is 2.12. The van der Waals surface area contributed by atoms with Crippen LogP contribution in [0, 0.1) is 0 Å². The second-order valence-corrected chi connectivity index (χ2v) is 4.21. The summed E-state index contributed by atoms with van der Waals surface area (Å²) >= 11 is 0. The predicted octanol–water partition coefficient (Wildman–Crippen LogP) is 0.827. The van der Waals surface area contributed by atoms with Gasteiger partial charge in [-0.1, -0.05) is 5.21 Å². The zero-order chi connectivity index (χ0) is 11.1. The average Bonchev–Trinajstić information content (AvgIpc) is 2.83. The molecule has 2 rings (SSSR count). The van der Waals surface area contributed by atoms with Gasteiger partial charge in [-0.3, -0.25) is 4.68 Å². The van der Waals surface area contributed by atoms with Crippen LogP contribution in [0.2, 0.25) is 0 Å². The van der Waals surface area contributed by atoms with Crippen LogP contribution in [-0.4, -0.2) is 40.8 Å². The summed E-state index contributed by atoms with van der Waals surface area (Å²) in [5, 5.41) is 11.1. The summed E-state index contributed by atoms with van der Waals surface area (Å²) < 4.78 is 7.50. The Morgan fingerprint density at radius 3 is 3.19 bits per heavy atom. The molecule has 0 spiro atoms. The third kappa shape index (κ3) is 3.90. The molecule has 0 radical (unpaired) electrons. The smallest absolute Gasteiger partial charge is 0.0699 e. The Labute approximate surface area is 96.2 Å². The molecule has 1 aromatic rings. The van der Waals surface area contributed by atoms with E-state index in [1.807, 2.05) is 10.9 Å². The lowest BCUT2D eigenvalue weighted by Crippen LogP contribution is -2.32. The highest BCUT2D eigenvalue weighted by Crippen LogP contribution is 2.11. The van der Waals surface area contributed by atoms with Gasteiger partial charge in [-0.2, -0.15) is 0 Å². The molecule has 1 saturated heterocycles. The summed E-state index contributed by atoms with van der Waals surface area (Å²) in [6.45, 7) is 3.86. The lowest BCUT2D eigenvalue weighted by molar-refractivity contribution is 0.0170. The van der Waals surface area contributed by atoms with Crippen molar-refractivity contribution in [3.8, 4) is 0 Å². The van der Waals surface area contributed by atoms with Crippen molar-refractivity contribution in [3.05, 3.63) is 12.4 Å². The Hall–Kier alpha value is -0.940. The Balaban J connectivity index is 1.48. The van der Waals surface area contributed by atoms with Gasteiger partial charge in [-0.05, 0) is 32.2 Å². The van der Waals surface area contributed by atoms with E-state index >= 15 is 0 Å². The van der Waals surface area contributed by atoms with Crippen molar-refractivity contribution in [3.63, 3.8) is 0 Å². The van der Waals surface area contributed by atoms with E-state index < -0.39 is 0 Å². The first-order valence-corrected chi connectivity index (χ1v) is 6.11. The second kappa shape index (κ2) is 6.60. The molecule has 0 bridgehead atoms. The summed E-state index contributed by atoms with van der Waals surface area (Å²) in [5.41, 5.74) is 0. The van der Waals surface area contributed by atoms with E-state index in [4.69, 9.17) is 4.74 Å². The van der Waals surface area contributed by atoms with Gasteiger partial charge in [0.2, 0.25) is 0 Å². The van der Waals surface area contributed by atoms with Gasteiger partial charge >= 0.3 is 0 Å². The monoisotopic (exact) mass is 224 g/mol. The van der Waals surface area contributed by atoms with E-state index in [9.17, 15) is 0 Å². The summed E-state index contributed by atoms with van der Waals surface area (Å²) in [6.07, 6.45) is 8.86. The number of nitrogens with one attached hydrogen (secondary N) is 1. The maximum absolute atomic E-state index is 5.64. The van der Waals surface area contributed by atoms with Crippen molar-refractivity contribution in [2.45, 2.75) is 38.3 Å². The van der Waals surface area contributed by atoms with Crippen LogP contribution < -0.4 is 5.32 Å². The maximum atomic E-state index is 5.64. The van der Waals surface area contributed by atoms with E-state index in [0.29, 0.717) is 6.10 Å². The van der Waals surface area contributed by atoms with Gasteiger partial charge in [-0.25, -0.2) is 0 Å². The molecule has 1 unspecified atom stereocenters. The van der Waals surface area contributed by atoms with Gasteiger partial charge in [0.25, 0.3) is 0 Å². The van der Waals surface area contributed by atoms with Gasteiger partial charge in [0.1, 0.15) is 0 Å². The molecule has 5 heteroatoms. The van der Waals surface area contributed by atoms with Gasteiger partial charge in [0.15, 0.2) is 0 Å². The van der Waals surface area contributed by atoms with Crippen LogP contribution >= 0.6 is 0 Å². The normalized spacial score (nSPS) is 21.1. The Bertz CT molecular complexity index is 270. The highest BCUT2D eigenvalue weighted by molar-refractivity contribution is 4.67. The second-order valence-electron chi connectivity index (χ2n) is 4.21. The van der Waals surface area contributed by atoms with Crippen molar-refractivity contribution in [2.75, 3.05) is 19.7 Å². The summed E-state index contributed by atoms with van der Waals surface area (Å²) in [4.78, 5) is 0. The van der Waals surface area contributed by atoms with Crippen molar-refractivity contribution in [2.24, 2.45) is 0 Å². The molecule has 2 heterocycles. The molecule has 1 fully saturated rings. The molecule has 16 heavy (non-hydrogen) atoms. The third-order valence-electron chi connectivity index (χ3n) is 2.86. The van der Waals surface area contributed by atoms with Crippen LogP contribution in [0.15, 0.2) is 12.4 Å². The molecular weight excluding hydrogens is 204 g/mol. The molecule has 5 nitrogen and oxygen atoms in total. The van der Waals surface area contributed by atoms with Gasteiger partial charge in [0.05, 0.1) is 12.3 Å². The van der Waals surface area contributed by atoms with Crippen LogP contribution in [-0.2, 0) is 11.3 Å². The summed E-state index contributed by atoms with van der Waals surface area (Å²) in [7, 11) is 0. The SMILES string of the molecule is c1cn(CCCNCC2CCCCO2)nn1. The lowest BCUT2D eigenvalue weighted by Gasteiger charge is -2.22. The van der Waals surface area contributed by atoms with Gasteiger partial charge in [-0.15, -0.1) is 5.10 Å². The topological polar surface area (TPSA) is 52.0 Å².